The van der Waals surface area contributed by atoms with Crippen molar-refractivity contribution in [2.75, 3.05) is 7.11 Å². The van der Waals surface area contributed by atoms with Crippen molar-refractivity contribution in [3.05, 3.63) is 34.0 Å². The molecule has 2 heterocycles. The van der Waals surface area contributed by atoms with E-state index < -0.39 is 0 Å². The third-order valence-corrected chi connectivity index (χ3v) is 3.58. The molecular weight excluding hydrogens is 284 g/mol. The minimum absolute atomic E-state index is 0.315. The Labute approximate surface area is 117 Å². The van der Waals surface area contributed by atoms with Crippen molar-refractivity contribution < 1.29 is 9.47 Å². The molecule has 3 rings (SSSR count). The lowest BCUT2D eigenvalue weighted by molar-refractivity contribution is 0.292. The number of rotatable bonds is 4. The van der Waals surface area contributed by atoms with Gasteiger partial charge in [0.2, 0.25) is 4.96 Å². The van der Waals surface area contributed by atoms with Crippen LogP contribution in [0.4, 0.5) is 0 Å². The van der Waals surface area contributed by atoms with Crippen molar-refractivity contribution in [1.29, 1.82) is 0 Å². The monoisotopic (exact) mass is 294 g/mol. The van der Waals surface area contributed by atoms with E-state index in [1.54, 1.807) is 11.6 Å². The van der Waals surface area contributed by atoms with Gasteiger partial charge >= 0.3 is 0 Å². The van der Waals surface area contributed by atoms with Gasteiger partial charge in [-0.2, -0.15) is 0 Å². The van der Waals surface area contributed by atoms with Gasteiger partial charge in [0.1, 0.15) is 18.1 Å². The Kier molecular flexibility index (Phi) is 3.18. The van der Waals surface area contributed by atoms with Crippen molar-refractivity contribution in [2.45, 2.75) is 6.61 Å². The first-order valence-corrected chi connectivity index (χ1v) is 6.69. The van der Waals surface area contributed by atoms with Gasteiger partial charge in [0.25, 0.3) is 0 Å². The zero-order valence-corrected chi connectivity index (χ0v) is 11.6. The Morgan fingerprint density at radius 3 is 2.74 bits per heavy atom. The van der Waals surface area contributed by atoms with Gasteiger partial charge in [0.15, 0.2) is 9.78 Å². The molecule has 0 saturated heterocycles. The lowest BCUT2D eigenvalue weighted by Gasteiger charge is -2.05. The summed E-state index contributed by atoms with van der Waals surface area (Å²) in [5, 5.41) is 11.0. The molecule has 0 unspecified atom stereocenters. The molecule has 0 aliphatic heterocycles. The average molecular weight is 294 g/mol. The molecule has 19 heavy (non-hydrogen) atoms. The molecule has 0 amide bonds. The predicted molar refractivity (Wildman–Crippen MR) is 73.4 cm³/mol. The summed E-state index contributed by atoms with van der Waals surface area (Å²) in [6.07, 6.45) is 0. The second-order valence-electron chi connectivity index (χ2n) is 3.70. The topological polar surface area (TPSA) is 64.4 Å². The lowest BCUT2D eigenvalue weighted by atomic mass is 10.3. The third-order valence-electron chi connectivity index (χ3n) is 2.51. The summed E-state index contributed by atoms with van der Waals surface area (Å²) in [7, 11) is 1.63. The number of methoxy groups -OCH3 is 1. The molecule has 8 heteroatoms. The van der Waals surface area contributed by atoms with Crippen LogP contribution in [0.25, 0.3) is 4.96 Å². The van der Waals surface area contributed by atoms with E-state index in [2.05, 4.69) is 15.3 Å². The largest absolute Gasteiger partial charge is 0.497 e. The number of ether oxygens (including phenoxy) is 2. The normalized spacial score (nSPS) is 10.8. The van der Waals surface area contributed by atoms with Crippen LogP contribution in [0.5, 0.6) is 11.5 Å². The summed E-state index contributed by atoms with van der Waals surface area (Å²) < 4.78 is 13.1. The number of aromatic amines is 1. The van der Waals surface area contributed by atoms with Crippen molar-refractivity contribution in [3.8, 4) is 11.5 Å². The molecular formula is C11H10N4O2S2. The molecule has 6 nitrogen and oxygen atoms in total. The second kappa shape index (κ2) is 4.98. The number of nitrogens with one attached hydrogen (secondary N) is 1. The van der Waals surface area contributed by atoms with Gasteiger partial charge in [-0.15, -0.1) is 10.2 Å². The maximum atomic E-state index is 5.64. The molecule has 1 N–H and O–H groups in total. The number of hydrogen-bond acceptors (Lipinski definition) is 6. The minimum Gasteiger partial charge on any atom is -0.497 e. The van der Waals surface area contributed by atoms with E-state index in [1.165, 1.54) is 11.3 Å². The first kappa shape index (κ1) is 12.1. The van der Waals surface area contributed by atoms with Crippen LogP contribution in [0.3, 0.4) is 0 Å². The SMILES string of the molecule is COc1ccc(OCc2nnc3sc(=S)[nH]n23)cc1. The Morgan fingerprint density at radius 2 is 2.00 bits per heavy atom. The lowest BCUT2D eigenvalue weighted by Crippen LogP contribution is -2.02. The van der Waals surface area contributed by atoms with Crippen LogP contribution in [-0.4, -0.2) is 26.9 Å². The minimum atomic E-state index is 0.315. The summed E-state index contributed by atoms with van der Waals surface area (Å²) in [5.74, 6) is 2.21. The molecule has 98 valence electrons. The van der Waals surface area contributed by atoms with Crippen LogP contribution >= 0.6 is 23.6 Å². The molecule has 1 aromatic carbocycles. The Morgan fingerprint density at radius 1 is 1.26 bits per heavy atom. The third kappa shape index (κ3) is 2.45. The van der Waals surface area contributed by atoms with Crippen molar-refractivity contribution in [3.63, 3.8) is 0 Å². The maximum Gasteiger partial charge on any atom is 0.233 e. The smallest absolute Gasteiger partial charge is 0.233 e. The molecule has 0 radical (unpaired) electrons. The van der Waals surface area contributed by atoms with Crippen LogP contribution in [0, 0.1) is 3.95 Å². The maximum absolute atomic E-state index is 5.64. The number of hydrogen-bond donors (Lipinski definition) is 1. The first-order valence-electron chi connectivity index (χ1n) is 5.46. The fraction of sp³-hybridized carbons (Fsp3) is 0.182. The highest BCUT2D eigenvalue weighted by Crippen LogP contribution is 2.18. The molecule has 0 aliphatic carbocycles. The molecule has 0 bridgehead atoms. The van der Waals surface area contributed by atoms with Crippen molar-refractivity contribution in [2.24, 2.45) is 0 Å². The molecule has 3 aromatic rings. The highest BCUT2D eigenvalue weighted by molar-refractivity contribution is 7.73. The standard InChI is InChI=1S/C11H10N4O2S2/c1-16-7-2-4-8(5-3-7)17-6-9-12-13-10-15(9)14-11(18)19-10/h2-5H,6H2,1H3,(H,14,18). The van der Waals surface area contributed by atoms with Crippen LogP contribution in [0.1, 0.15) is 5.82 Å². The second-order valence-corrected chi connectivity index (χ2v) is 5.34. The zero-order chi connectivity index (χ0) is 13.2. The summed E-state index contributed by atoms with van der Waals surface area (Å²) in [5.41, 5.74) is 0. The van der Waals surface area contributed by atoms with E-state index in [9.17, 15) is 0 Å². The summed E-state index contributed by atoms with van der Waals surface area (Å²) >= 11 is 6.43. The van der Waals surface area contributed by atoms with Gasteiger partial charge in [-0.1, -0.05) is 11.3 Å². The number of aromatic nitrogens is 4. The van der Waals surface area contributed by atoms with Gasteiger partial charge in [0.05, 0.1) is 7.11 Å². The fourth-order valence-electron chi connectivity index (χ4n) is 1.59. The number of H-pyrrole nitrogens is 1. The Balaban J connectivity index is 1.76. The number of fused-ring (bicyclic) bond motifs is 1. The van der Waals surface area contributed by atoms with E-state index in [4.69, 9.17) is 21.7 Å². The fourth-order valence-corrected chi connectivity index (χ4v) is 2.53. The summed E-state index contributed by atoms with van der Waals surface area (Å²) in [4.78, 5) is 0.735. The Hall–Kier alpha value is -1.93. The number of benzene rings is 1. The molecule has 0 aliphatic rings. The zero-order valence-electron chi connectivity index (χ0n) is 9.99. The van der Waals surface area contributed by atoms with Gasteiger partial charge in [-0.3, -0.25) is 5.10 Å². The van der Waals surface area contributed by atoms with Crippen LogP contribution in [0.15, 0.2) is 24.3 Å². The predicted octanol–water partition coefficient (Wildman–Crippen LogP) is 2.44. The number of nitrogens with zero attached hydrogens (tertiary/aromatic N) is 3. The van der Waals surface area contributed by atoms with Gasteiger partial charge in [0, 0.05) is 0 Å². The molecule has 2 aromatic heterocycles. The van der Waals surface area contributed by atoms with E-state index in [0.717, 1.165) is 16.5 Å². The van der Waals surface area contributed by atoms with Gasteiger partial charge in [-0.05, 0) is 36.5 Å². The first-order chi connectivity index (χ1) is 9.26. The summed E-state index contributed by atoms with van der Waals surface area (Å²) in [6.45, 7) is 0.315. The highest BCUT2D eigenvalue weighted by atomic mass is 32.1. The van der Waals surface area contributed by atoms with E-state index in [1.807, 2.05) is 24.3 Å². The summed E-state index contributed by atoms with van der Waals surface area (Å²) in [6, 6.07) is 7.36. The van der Waals surface area contributed by atoms with Gasteiger partial charge < -0.3 is 9.47 Å². The Bertz CT molecular complexity index is 744. The van der Waals surface area contributed by atoms with E-state index in [-0.39, 0.29) is 0 Å². The van der Waals surface area contributed by atoms with Crippen LogP contribution < -0.4 is 9.47 Å². The van der Waals surface area contributed by atoms with Gasteiger partial charge in [-0.25, -0.2) is 4.52 Å². The van der Waals surface area contributed by atoms with Crippen molar-refractivity contribution in [1.82, 2.24) is 19.8 Å². The molecule has 0 spiro atoms. The van der Waals surface area contributed by atoms with E-state index >= 15 is 0 Å². The van der Waals surface area contributed by atoms with Crippen molar-refractivity contribution >= 4 is 28.5 Å². The highest BCUT2D eigenvalue weighted by Gasteiger charge is 2.08. The van der Waals surface area contributed by atoms with Crippen LogP contribution in [0.2, 0.25) is 0 Å². The molecule has 0 saturated carbocycles. The average Bonchev–Trinajstić information content (AvgIpc) is 2.96. The van der Waals surface area contributed by atoms with Crippen LogP contribution in [-0.2, 0) is 6.61 Å². The molecule has 0 atom stereocenters. The van der Waals surface area contributed by atoms with E-state index in [0.29, 0.717) is 16.4 Å². The quantitative estimate of drug-likeness (QED) is 0.749. The molecule has 0 fully saturated rings.